The van der Waals surface area contributed by atoms with Crippen LogP contribution < -0.4 is 15.5 Å². The molecule has 0 bridgehead atoms. The second-order valence-corrected chi connectivity index (χ2v) is 5.99. The first kappa shape index (κ1) is 16.1. The SMILES string of the molecule is C[C@@H](NC(=O)N[C@@H]1CC(=O)N(c2ccccc2)C1)c1ccccc1. The number of benzene rings is 2. The largest absolute Gasteiger partial charge is 0.333 e. The van der Waals surface area contributed by atoms with Gasteiger partial charge in [-0.05, 0) is 24.6 Å². The standard InChI is InChI=1S/C19H21N3O2/c1-14(15-8-4-2-5-9-15)20-19(24)21-16-12-18(23)22(13-16)17-10-6-3-7-11-17/h2-11,14,16H,12-13H2,1H3,(H2,20,21,24)/t14-,16-/m1/s1. The molecule has 2 N–H and O–H groups in total. The number of nitrogens with zero attached hydrogens (tertiary/aromatic N) is 1. The summed E-state index contributed by atoms with van der Waals surface area (Å²) in [6, 6.07) is 18.8. The van der Waals surface area contributed by atoms with E-state index in [0.29, 0.717) is 13.0 Å². The molecule has 2 atom stereocenters. The maximum absolute atomic E-state index is 12.2. The van der Waals surface area contributed by atoms with Gasteiger partial charge in [0.1, 0.15) is 0 Å². The quantitative estimate of drug-likeness (QED) is 0.909. The average Bonchev–Trinajstić information content (AvgIpc) is 2.96. The monoisotopic (exact) mass is 323 g/mol. The molecule has 5 nitrogen and oxygen atoms in total. The van der Waals surface area contributed by atoms with Gasteiger partial charge in [0, 0.05) is 18.7 Å². The van der Waals surface area contributed by atoms with E-state index in [0.717, 1.165) is 11.3 Å². The van der Waals surface area contributed by atoms with Crippen LogP contribution in [0, 0.1) is 0 Å². The fourth-order valence-electron chi connectivity index (χ4n) is 2.91. The predicted octanol–water partition coefficient (Wildman–Crippen LogP) is 2.85. The second-order valence-electron chi connectivity index (χ2n) is 5.99. The number of rotatable bonds is 4. The Morgan fingerprint density at radius 3 is 2.38 bits per heavy atom. The van der Waals surface area contributed by atoms with Crippen LogP contribution >= 0.6 is 0 Å². The Morgan fingerprint density at radius 1 is 1.08 bits per heavy atom. The van der Waals surface area contributed by atoms with Crippen molar-refractivity contribution in [1.29, 1.82) is 0 Å². The van der Waals surface area contributed by atoms with Crippen LogP contribution in [0.5, 0.6) is 0 Å². The lowest BCUT2D eigenvalue weighted by Gasteiger charge is -2.19. The molecule has 3 rings (SSSR count). The fraction of sp³-hybridized carbons (Fsp3) is 0.263. The van der Waals surface area contributed by atoms with Gasteiger partial charge in [0.25, 0.3) is 0 Å². The minimum absolute atomic E-state index is 0.0302. The van der Waals surface area contributed by atoms with Gasteiger partial charge in [-0.2, -0.15) is 0 Å². The smallest absolute Gasteiger partial charge is 0.315 e. The van der Waals surface area contributed by atoms with Gasteiger partial charge in [0.15, 0.2) is 0 Å². The molecule has 1 fully saturated rings. The van der Waals surface area contributed by atoms with Crippen molar-refractivity contribution in [1.82, 2.24) is 10.6 Å². The maximum Gasteiger partial charge on any atom is 0.315 e. The normalized spacial score (nSPS) is 18.3. The summed E-state index contributed by atoms with van der Waals surface area (Å²) >= 11 is 0. The highest BCUT2D eigenvalue weighted by molar-refractivity contribution is 5.96. The van der Waals surface area contributed by atoms with Gasteiger partial charge in [0.05, 0.1) is 12.1 Å². The molecule has 24 heavy (non-hydrogen) atoms. The number of anilines is 1. The van der Waals surface area contributed by atoms with Gasteiger partial charge >= 0.3 is 6.03 Å². The molecule has 0 aromatic heterocycles. The van der Waals surface area contributed by atoms with Gasteiger partial charge in [-0.3, -0.25) is 4.79 Å². The zero-order chi connectivity index (χ0) is 16.9. The minimum Gasteiger partial charge on any atom is -0.333 e. The second kappa shape index (κ2) is 7.17. The van der Waals surface area contributed by atoms with Crippen molar-refractivity contribution in [3.8, 4) is 0 Å². The molecule has 3 amide bonds. The first-order valence-electron chi connectivity index (χ1n) is 8.11. The number of hydrogen-bond acceptors (Lipinski definition) is 2. The number of amides is 3. The van der Waals surface area contributed by atoms with Crippen molar-refractivity contribution in [3.05, 3.63) is 66.2 Å². The van der Waals surface area contributed by atoms with Crippen molar-refractivity contribution in [2.24, 2.45) is 0 Å². The van der Waals surface area contributed by atoms with Crippen molar-refractivity contribution >= 4 is 17.6 Å². The van der Waals surface area contributed by atoms with E-state index in [1.165, 1.54) is 0 Å². The topological polar surface area (TPSA) is 61.4 Å². The molecule has 0 aliphatic carbocycles. The van der Waals surface area contributed by atoms with Gasteiger partial charge in [-0.15, -0.1) is 0 Å². The van der Waals surface area contributed by atoms with Gasteiger partial charge in [-0.25, -0.2) is 4.79 Å². The van der Waals surface area contributed by atoms with Crippen molar-refractivity contribution in [2.75, 3.05) is 11.4 Å². The number of carbonyl (C=O) groups is 2. The first-order valence-corrected chi connectivity index (χ1v) is 8.11. The van der Waals surface area contributed by atoms with E-state index in [9.17, 15) is 9.59 Å². The summed E-state index contributed by atoms with van der Waals surface area (Å²) in [4.78, 5) is 26.1. The Hall–Kier alpha value is -2.82. The highest BCUT2D eigenvalue weighted by atomic mass is 16.2. The van der Waals surface area contributed by atoms with Crippen LogP contribution in [0.2, 0.25) is 0 Å². The fourth-order valence-corrected chi connectivity index (χ4v) is 2.91. The Bertz CT molecular complexity index is 703. The third-order valence-corrected chi connectivity index (χ3v) is 4.18. The van der Waals surface area contributed by atoms with Crippen LogP contribution in [0.15, 0.2) is 60.7 Å². The molecule has 0 unspecified atom stereocenters. The van der Waals surface area contributed by atoms with Crippen LogP contribution in [0.1, 0.15) is 24.9 Å². The van der Waals surface area contributed by atoms with E-state index in [4.69, 9.17) is 0 Å². The summed E-state index contributed by atoms with van der Waals surface area (Å²) in [6.07, 6.45) is 0.321. The number of urea groups is 1. The molecule has 0 spiro atoms. The molecular formula is C19H21N3O2. The summed E-state index contributed by atoms with van der Waals surface area (Å²) in [5, 5.41) is 5.81. The first-order chi connectivity index (χ1) is 11.6. The van der Waals surface area contributed by atoms with E-state index in [1.54, 1.807) is 4.90 Å². The molecule has 1 aliphatic rings. The number of carbonyl (C=O) groups excluding carboxylic acids is 2. The Balaban J connectivity index is 1.55. The zero-order valence-corrected chi connectivity index (χ0v) is 13.6. The minimum atomic E-state index is -0.251. The van der Waals surface area contributed by atoms with Crippen LogP contribution in [-0.4, -0.2) is 24.5 Å². The predicted molar refractivity (Wildman–Crippen MR) is 93.7 cm³/mol. The highest BCUT2D eigenvalue weighted by Gasteiger charge is 2.31. The molecule has 1 saturated heterocycles. The molecule has 0 radical (unpaired) electrons. The Labute approximate surface area is 141 Å². The van der Waals surface area contributed by atoms with E-state index in [2.05, 4.69) is 10.6 Å². The molecule has 1 aliphatic heterocycles. The molecule has 5 heteroatoms. The Kier molecular flexibility index (Phi) is 4.79. The summed E-state index contributed by atoms with van der Waals surface area (Å²) < 4.78 is 0. The lowest BCUT2D eigenvalue weighted by atomic mass is 10.1. The van der Waals surface area contributed by atoms with E-state index in [1.807, 2.05) is 67.6 Å². The van der Waals surface area contributed by atoms with Crippen LogP contribution in [-0.2, 0) is 4.79 Å². The van der Waals surface area contributed by atoms with Crippen LogP contribution in [0.3, 0.4) is 0 Å². The summed E-state index contributed by atoms with van der Waals surface area (Å²) in [7, 11) is 0. The van der Waals surface area contributed by atoms with Crippen molar-refractivity contribution in [2.45, 2.75) is 25.4 Å². The molecule has 2 aromatic carbocycles. The lowest BCUT2D eigenvalue weighted by molar-refractivity contribution is -0.117. The van der Waals surface area contributed by atoms with Gasteiger partial charge in [-0.1, -0.05) is 48.5 Å². The van der Waals surface area contributed by atoms with Crippen LogP contribution in [0.4, 0.5) is 10.5 Å². The Morgan fingerprint density at radius 2 is 1.71 bits per heavy atom. The maximum atomic E-state index is 12.2. The average molecular weight is 323 g/mol. The number of nitrogens with one attached hydrogen (secondary N) is 2. The van der Waals surface area contributed by atoms with E-state index < -0.39 is 0 Å². The molecule has 1 heterocycles. The molecule has 124 valence electrons. The summed E-state index contributed by atoms with van der Waals surface area (Å²) in [5.41, 5.74) is 1.91. The summed E-state index contributed by atoms with van der Waals surface area (Å²) in [6.45, 7) is 2.43. The van der Waals surface area contributed by atoms with Crippen molar-refractivity contribution in [3.63, 3.8) is 0 Å². The van der Waals surface area contributed by atoms with Gasteiger partial charge in [0.2, 0.25) is 5.91 Å². The number of para-hydroxylation sites is 1. The summed E-state index contributed by atoms with van der Waals surface area (Å²) in [5.74, 6) is 0.0302. The van der Waals surface area contributed by atoms with Crippen LogP contribution in [0.25, 0.3) is 0 Å². The van der Waals surface area contributed by atoms with E-state index >= 15 is 0 Å². The number of hydrogen-bond donors (Lipinski definition) is 2. The van der Waals surface area contributed by atoms with E-state index in [-0.39, 0.29) is 24.0 Å². The van der Waals surface area contributed by atoms with Crippen molar-refractivity contribution < 1.29 is 9.59 Å². The van der Waals surface area contributed by atoms with Gasteiger partial charge < -0.3 is 15.5 Å². The highest BCUT2D eigenvalue weighted by Crippen LogP contribution is 2.21. The third-order valence-electron chi connectivity index (χ3n) is 4.18. The third kappa shape index (κ3) is 3.74. The molecular weight excluding hydrogens is 302 g/mol. The zero-order valence-electron chi connectivity index (χ0n) is 13.6. The molecule has 2 aromatic rings. The lowest BCUT2D eigenvalue weighted by Crippen LogP contribution is -2.44. The molecule has 0 saturated carbocycles.